The van der Waals surface area contributed by atoms with Gasteiger partial charge in [0.1, 0.15) is 11.9 Å². The van der Waals surface area contributed by atoms with Gasteiger partial charge in [0.05, 0.1) is 18.7 Å². The van der Waals surface area contributed by atoms with Gasteiger partial charge >= 0.3 is 0 Å². The quantitative estimate of drug-likeness (QED) is 0.518. The van der Waals surface area contributed by atoms with Crippen LogP contribution < -0.4 is 16.0 Å². The molecule has 2 amide bonds. The second-order valence-electron chi connectivity index (χ2n) is 8.39. The summed E-state index contributed by atoms with van der Waals surface area (Å²) in [5.74, 6) is -0.584. The predicted molar refractivity (Wildman–Crippen MR) is 115 cm³/mol. The van der Waals surface area contributed by atoms with Crippen LogP contribution in [-0.4, -0.2) is 79.7 Å². The van der Waals surface area contributed by atoms with E-state index in [9.17, 15) is 14.0 Å². The Morgan fingerprint density at radius 2 is 2.19 bits per heavy atom. The number of carbonyl (C=O) groups excluding carboxylic acids is 2. The third-order valence-corrected chi connectivity index (χ3v) is 6.60. The maximum Gasteiger partial charge on any atom is 0.247 e. The first-order valence-electron chi connectivity index (χ1n) is 10.7. The molecule has 168 valence electrons. The molecule has 0 saturated carbocycles. The standard InChI is InChI=1S/C22H30FN5O3/c1-12(24-2)21(29)27-19(11-31-3)22(30)28-7-6-17-20(28)16(10-25-17)15-9-26-18-8-13(23)4-5-14(15)18/h4-5,8-9,12,16-17,19-20,24-26H,6-7,10-11H2,1-3H3,(H,27,29). The molecule has 5 unspecified atom stereocenters. The number of carbonyl (C=O) groups is 2. The fraction of sp³-hybridized carbons (Fsp3) is 0.545. The Morgan fingerprint density at radius 1 is 1.39 bits per heavy atom. The number of halogens is 1. The van der Waals surface area contributed by atoms with E-state index < -0.39 is 12.1 Å². The summed E-state index contributed by atoms with van der Waals surface area (Å²) in [5, 5.41) is 10.2. The normalized spacial score (nSPS) is 24.9. The number of aromatic amines is 1. The number of amides is 2. The van der Waals surface area contributed by atoms with E-state index in [1.165, 1.54) is 19.2 Å². The monoisotopic (exact) mass is 431 g/mol. The smallest absolute Gasteiger partial charge is 0.247 e. The fourth-order valence-corrected chi connectivity index (χ4v) is 4.88. The second-order valence-corrected chi connectivity index (χ2v) is 8.39. The average molecular weight is 432 g/mol. The number of methoxy groups -OCH3 is 1. The molecule has 1 aromatic carbocycles. The van der Waals surface area contributed by atoms with E-state index in [1.807, 2.05) is 11.1 Å². The number of ether oxygens (including phenoxy) is 1. The van der Waals surface area contributed by atoms with E-state index in [4.69, 9.17) is 4.74 Å². The van der Waals surface area contributed by atoms with Crippen LogP contribution in [0.1, 0.15) is 24.8 Å². The second kappa shape index (κ2) is 8.94. The van der Waals surface area contributed by atoms with Gasteiger partial charge in [-0.2, -0.15) is 0 Å². The number of fused-ring (bicyclic) bond motifs is 2. The van der Waals surface area contributed by atoms with Gasteiger partial charge in [0.2, 0.25) is 11.8 Å². The maximum absolute atomic E-state index is 13.6. The minimum atomic E-state index is -0.745. The first kappa shape index (κ1) is 21.7. The summed E-state index contributed by atoms with van der Waals surface area (Å²) in [6.07, 6.45) is 2.77. The summed E-state index contributed by atoms with van der Waals surface area (Å²) >= 11 is 0. The molecule has 2 aliphatic rings. The number of nitrogens with one attached hydrogen (secondary N) is 4. The van der Waals surface area contributed by atoms with Crippen molar-refractivity contribution < 1.29 is 18.7 Å². The van der Waals surface area contributed by atoms with Crippen molar-refractivity contribution >= 4 is 22.7 Å². The van der Waals surface area contributed by atoms with E-state index in [0.29, 0.717) is 6.54 Å². The Kier molecular flexibility index (Phi) is 6.27. The van der Waals surface area contributed by atoms with Gasteiger partial charge in [0.25, 0.3) is 0 Å². The molecule has 5 atom stereocenters. The Labute approximate surface area is 180 Å². The molecule has 1 aromatic heterocycles. The van der Waals surface area contributed by atoms with Gasteiger partial charge in [-0.1, -0.05) is 0 Å². The SMILES string of the molecule is CNC(C)C(=O)NC(COC)C(=O)N1CCC2NCC(c3c[nH]c4cc(F)ccc34)C21. The van der Waals surface area contributed by atoms with Gasteiger partial charge in [-0.3, -0.25) is 9.59 Å². The van der Waals surface area contributed by atoms with E-state index >= 15 is 0 Å². The highest BCUT2D eigenvalue weighted by atomic mass is 19.1. The summed E-state index contributed by atoms with van der Waals surface area (Å²) in [6, 6.07) is 3.74. The van der Waals surface area contributed by atoms with Crippen LogP contribution in [-0.2, 0) is 14.3 Å². The molecule has 31 heavy (non-hydrogen) atoms. The molecule has 2 aromatic rings. The minimum absolute atomic E-state index is 0.0328. The van der Waals surface area contributed by atoms with Gasteiger partial charge in [0, 0.05) is 49.3 Å². The van der Waals surface area contributed by atoms with Crippen molar-refractivity contribution in [3.8, 4) is 0 Å². The Hall–Kier alpha value is -2.49. The summed E-state index contributed by atoms with van der Waals surface area (Å²) < 4.78 is 18.9. The first-order valence-corrected chi connectivity index (χ1v) is 10.7. The zero-order chi connectivity index (χ0) is 22.1. The van der Waals surface area contributed by atoms with Crippen molar-refractivity contribution in [3.05, 3.63) is 35.8 Å². The average Bonchev–Trinajstić information content (AvgIpc) is 3.46. The molecule has 2 fully saturated rings. The number of likely N-dealkylation sites (tertiary alicyclic amines) is 1. The van der Waals surface area contributed by atoms with Crippen molar-refractivity contribution in [2.75, 3.05) is 33.9 Å². The molecule has 0 bridgehead atoms. The highest BCUT2D eigenvalue weighted by Gasteiger charge is 2.48. The number of likely N-dealkylation sites (N-methyl/N-ethyl adjacent to an activating group) is 1. The first-order chi connectivity index (χ1) is 14.9. The molecule has 2 aliphatic heterocycles. The summed E-state index contributed by atoms with van der Waals surface area (Å²) in [5.41, 5.74) is 1.82. The van der Waals surface area contributed by atoms with Crippen LogP contribution in [0.15, 0.2) is 24.4 Å². The predicted octanol–water partition coefficient (Wildman–Crippen LogP) is 0.702. The van der Waals surface area contributed by atoms with E-state index in [-0.39, 0.29) is 42.2 Å². The largest absolute Gasteiger partial charge is 0.382 e. The highest BCUT2D eigenvalue weighted by molar-refractivity contribution is 5.90. The maximum atomic E-state index is 13.6. The number of hydrogen-bond donors (Lipinski definition) is 4. The van der Waals surface area contributed by atoms with Crippen LogP contribution >= 0.6 is 0 Å². The van der Waals surface area contributed by atoms with Crippen molar-refractivity contribution in [3.63, 3.8) is 0 Å². The lowest BCUT2D eigenvalue weighted by molar-refractivity contribution is -0.139. The van der Waals surface area contributed by atoms with Crippen molar-refractivity contribution in [1.82, 2.24) is 25.8 Å². The van der Waals surface area contributed by atoms with E-state index in [1.54, 1.807) is 20.0 Å². The molecule has 4 N–H and O–H groups in total. The summed E-state index contributed by atoms with van der Waals surface area (Å²) in [6.45, 7) is 3.21. The summed E-state index contributed by atoms with van der Waals surface area (Å²) in [7, 11) is 3.22. The lowest BCUT2D eigenvalue weighted by Gasteiger charge is -2.32. The number of H-pyrrole nitrogens is 1. The molecule has 2 saturated heterocycles. The number of benzene rings is 1. The van der Waals surface area contributed by atoms with Crippen LogP contribution in [0.5, 0.6) is 0 Å². The zero-order valence-electron chi connectivity index (χ0n) is 18.1. The molecular weight excluding hydrogens is 401 g/mol. The Balaban J connectivity index is 1.58. The van der Waals surface area contributed by atoms with E-state index in [0.717, 1.165) is 29.4 Å². The van der Waals surface area contributed by atoms with Gasteiger partial charge in [-0.15, -0.1) is 0 Å². The molecule has 8 nitrogen and oxygen atoms in total. The van der Waals surface area contributed by atoms with Gasteiger partial charge in [-0.05, 0) is 44.2 Å². The molecule has 0 radical (unpaired) electrons. The van der Waals surface area contributed by atoms with Crippen LogP contribution in [0.4, 0.5) is 4.39 Å². The fourth-order valence-electron chi connectivity index (χ4n) is 4.88. The third kappa shape index (κ3) is 4.05. The molecule has 0 aliphatic carbocycles. The number of aromatic nitrogens is 1. The number of rotatable bonds is 7. The van der Waals surface area contributed by atoms with Gasteiger partial charge in [-0.25, -0.2) is 4.39 Å². The van der Waals surface area contributed by atoms with Crippen LogP contribution in [0.25, 0.3) is 10.9 Å². The summed E-state index contributed by atoms with van der Waals surface area (Å²) in [4.78, 5) is 30.9. The van der Waals surface area contributed by atoms with Crippen molar-refractivity contribution in [2.45, 2.75) is 43.4 Å². The highest BCUT2D eigenvalue weighted by Crippen LogP contribution is 2.39. The molecular formula is C22H30FN5O3. The lowest BCUT2D eigenvalue weighted by atomic mass is 9.91. The van der Waals surface area contributed by atoms with E-state index in [2.05, 4.69) is 20.9 Å². The lowest BCUT2D eigenvalue weighted by Crippen LogP contribution is -2.56. The Morgan fingerprint density at radius 3 is 2.94 bits per heavy atom. The van der Waals surface area contributed by atoms with Crippen LogP contribution in [0, 0.1) is 5.82 Å². The number of hydrogen-bond acceptors (Lipinski definition) is 5. The number of nitrogens with zero attached hydrogens (tertiary/aromatic N) is 1. The van der Waals surface area contributed by atoms with Crippen LogP contribution in [0.3, 0.4) is 0 Å². The minimum Gasteiger partial charge on any atom is -0.382 e. The molecule has 4 rings (SSSR count). The molecule has 0 spiro atoms. The molecule has 9 heteroatoms. The van der Waals surface area contributed by atoms with Crippen molar-refractivity contribution in [2.24, 2.45) is 0 Å². The molecule has 3 heterocycles. The van der Waals surface area contributed by atoms with Crippen LogP contribution in [0.2, 0.25) is 0 Å². The zero-order valence-corrected chi connectivity index (χ0v) is 18.1. The Bertz CT molecular complexity index is 964. The topological polar surface area (TPSA) is 98.5 Å². The third-order valence-electron chi connectivity index (χ3n) is 6.60. The van der Waals surface area contributed by atoms with Gasteiger partial charge in [0.15, 0.2) is 0 Å². The van der Waals surface area contributed by atoms with Gasteiger partial charge < -0.3 is 30.6 Å². The van der Waals surface area contributed by atoms with Crippen molar-refractivity contribution in [1.29, 1.82) is 0 Å².